The number of urea groups is 1. The first-order valence-corrected chi connectivity index (χ1v) is 8.58. The second-order valence-corrected chi connectivity index (χ2v) is 6.39. The highest BCUT2D eigenvalue weighted by atomic mass is 35.5. The number of halogens is 1. The van der Waals surface area contributed by atoms with Crippen molar-refractivity contribution in [1.29, 1.82) is 0 Å². The first-order chi connectivity index (χ1) is 12.9. The van der Waals surface area contributed by atoms with Crippen LogP contribution in [0.3, 0.4) is 0 Å². The molecule has 3 rings (SSSR count). The summed E-state index contributed by atoms with van der Waals surface area (Å²) in [6.07, 6.45) is 3.17. The lowest BCUT2D eigenvalue weighted by atomic mass is 10.1. The molecule has 3 amide bonds. The molecular formula is C19H18ClN5O2. The van der Waals surface area contributed by atoms with Crippen molar-refractivity contribution in [1.82, 2.24) is 15.1 Å². The highest BCUT2D eigenvalue weighted by molar-refractivity contribution is 6.30. The third-order valence-corrected chi connectivity index (χ3v) is 4.21. The summed E-state index contributed by atoms with van der Waals surface area (Å²) in [7, 11) is 0. The van der Waals surface area contributed by atoms with E-state index in [-0.39, 0.29) is 11.9 Å². The second kappa shape index (κ2) is 7.92. The molecule has 0 fully saturated rings. The van der Waals surface area contributed by atoms with Gasteiger partial charge in [0.1, 0.15) is 0 Å². The largest absolute Gasteiger partial charge is 0.351 e. The number of rotatable bonds is 5. The molecule has 1 aromatic heterocycles. The first kappa shape index (κ1) is 18.5. The van der Waals surface area contributed by atoms with Gasteiger partial charge in [-0.05, 0) is 48.9 Å². The SMILES string of the molecule is CC(NC(=O)c1cnn(-c2ccc(Cl)cc2)c1)c1ccc(NC(N)=O)cc1. The summed E-state index contributed by atoms with van der Waals surface area (Å²) in [5.41, 5.74) is 7.82. The molecule has 0 aliphatic rings. The Kier molecular flexibility index (Phi) is 5.42. The summed E-state index contributed by atoms with van der Waals surface area (Å²) >= 11 is 5.88. The van der Waals surface area contributed by atoms with E-state index in [1.807, 2.05) is 31.2 Å². The van der Waals surface area contributed by atoms with Crippen molar-refractivity contribution in [3.63, 3.8) is 0 Å². The minimum Gasteiger partial charge on any atom is -0.351 e. The predicted molar refractivity (Wildman–Crippen MR) is 104 cm³/mol. The van der Waals surface area contributed by atoms with Gasteiger partial charge in [0.15, 0.2) is 0 Å². The Balaban J connectivity index is 1.66. The van der Waals surface area contributed by atoms with Gasteiger partial charge in [0.2, 0.25) is 0 Å². The van der Waals surface area contributed by atoms with Crippen LogP contribution in [0.15, 0.2) is 60.9 Å². The lowest BCUT2D eigenvalue weighted by Gasteiger charge is -2.14. The third kappa shape index (κ3) is 4.65. The molecule has 138 valence electrons. The molecule has 8 heteroatoms. The normalized spacial score (nSPS) is 11.6. The fraction of sp³-hybridized carbons (Fsp3) is 0.105. The number of amides is 3. The van der Waals surface area contributed by atoms with Crippen LogP contribution in [0.1, 0.15) is 28.9 Å². The highest BCUT2D eigenvalue weighted by Crippen LogP contribution is 2.17. The maximum absolute atomic E-state index is 12.5. The summed E-state index contributed by atoms with van der Waals surface area (Å²) in [5, 5.41) is 10.3. The Morgan fingerprint density at radius 3 is 2.41 bits per heavy atom. The van der Waals surface area contributed by atoms with E-state index in [1.54, 1.807) is 35.1 Å². The fourth-order valence-electron chi connectivity index (χ4n) is 2.54. The number of benzene rings is 2. The number of anilines is 1. The van der Waals surface area contributed by atoms with Gasteiger partial charge < -0.3 is 16.4 Å². The molecule has 0 saturated carbocycles. The predicted octanol–water partition coefficient (Wildman–Crippen LogP) is 3.51. The van der Waals surface area contributed by atoms with Crippen molar-refractivity contribution in [2.24, 2.45) is 5.73 Å². The maximum atomic E-state index is 12.5. The zero-order valence-electron chi connectivity index (χ0n) is 14.5. The van der Waals surface area contributed by atoms with Crippen molar-refractivity contribution in [3.05, 3.63) is 77.1 Å². The van der Waals surface area contributed by atoms with E-state index in [4.69, 9.17) is 17.3 Å². The van der Waals surface area contributed by atoms with Crippen molar-refractivity contribution in [2.45, 2.75) is 13.0 Å². The number of nitrogens with one attached hydrogen (secondary N) is 2. The molecule has 1 atom stereocenters. The van der Waals surface area contributed by atoms with E-state index in [0.717, 1.165) is 11.3 Å². The summed E-state index contributed by atoms with van der Waals surface area (Å²) < 4.78 is 1.61. The average Bonchev–Trinajstić information content (AvgIpc) is 3.12. The van der Waals surface area contributed by atoms with Gasteiger partial charge in [-0.15, -0.1) is 0 Å². The molecule has 1 unspecified atom stereocenters. The number of nitrogens with two attached hydrogens (primary N) is 1. The smallest absolute Gasteiger partial charge is 0.316 e. The molecule has 0 bridgehead atoms. The van der Waals surface area contributed by atoms with Crippen LogP contribution in [0.25, 0.3) is 5.69 Å². The number of hydrogen-bond donors (Lipinski definition) is 3. The summed E-state index contributed by atoms with van der Waals surface area (Å²) in [5.74, 6) is -0.234. The van der Waals surface area contributed by atoms with Crippen molar-refractivity contribution in [3.8, 4) is 5.69 Å². The summed E-state index contributed by atoms with van der Waals surface area (Å²) in [6.45, 7) is 1.87. The van der Waals surface area contributed by atoms with Crippen LogP contribution < -0.4 is 16.4 Å². The van der Waals surface area contributed by atoms with E-state index in [2.05, 4.69) is 15.7 Å². The highest BCUT2D eigenvalue weighted by Gasteiger charge is 2.14. The van der Waals surface area contributed by atoms with Crippen LogP contribution in [0.5, 0.6) is 0 Å². The summed E-state index contributed by atoms with van der Waals surface area (Å²) in [4.78, 5) is 23.3. The van der Waals surface area contributed by atoms with E-state index in [0.29, 0.717) is 16.3 Å². The molecule has 7 nitrogen and oxygen atoms in total. The first-order valence-electron chi connectivity index (χ1n) is 8.20. The zero-order chi connectivity index (χ0) is 19.4. The quantitative estimate of drug-likeness (QED) is 0.628. The molecule has 27 heavy (non-hydrogen) atoms. The molecule has 1 heterocycles. The molecular weight excluding hydrogens is 366 g/mol. The monoisotopic (exact) mass is 383 g/mol. The van der Waals surface area contributed by atoms with Crippen LogP contribution in [0, 0.1) is 0 Å². The van der Waals surface area contributed by atoms with Crippen LogP contribution in [-0.2, 0) is 0 Å². The van der Waals surface area contributed by atoms with Gasteiger partial charge in [0, 0.05) is 16.9 Å². The molecule has 0 spiro atoms. The van der Waals surface area contributed by atoms with E-state index < -0.39 is 6.03 Å². The van der Waals surface area contributed by atoms with Gasteiger partial charge in [-0.3, -0.25) is 4.79 Å². The van der Waals surface area contributed by atoms with E-state index in [1.165, 1.54) is 6.20 Å². The number of nitrogens with zero attached hydrogens (tertiary/aromatic N) is 2. The number of hydrogen-bond acceptors (Lipinski definition) is 3. The van der Waals surface area contributed by atoms with E-state index >= 15 is 0 Å². The van der Waals surface area contributed by atoms with Gasteiger partial charge in [-0.25, -0.2) is 9.48 Å². The lowest BCUT2D eigenvalue weighted by molar-refractivity contribution is 0.0940. The maximum Gasteiger partial charge on any atom is 0.316 e. The van der Waals surface area contributed by atoms with Crippen molar-refractivity contribution < 1.29 is 9.59 Å². The lowest BCUT2D eigenvalue weighted by Crippen LogP contribution is -2.26. The Morgan fingerprint density at radius 2 is 1.78 bits per heavy atom. The molecule has 3 aromatic rings. The summed E-state index contributed by atoms with van der Waals surface area (Å²) in [6, 6.07) is 13.4. The van der Waals surface area contributed by atoms with Crippen molar-refractivity contribution in [2.75, 3.05) is 5.32 Å². The average molecular weight is 384 g/mol. The number of primary amides is 1. The minimum absolute atomic E-state index is 0.223. The van der Waals surface area contributed by atoms with Gasteiger partial charge in [0.05, 0.1) is 23.5 Å². The van der Waals surface area contributed by atoms with Crippen LogP contribution >= 0.6 is 11.6 Å². The van der Waals surface area contributed by atoms with Gasteiger partial charge in [-0.1, -0.05) is 23.7 Å². The Morgan fingerprint density at radius 1 is 1.11 bits per heavy atom. The second-order valence-electron chi connectivity index (χ2n) is 5.96. The Hall–Kier alpha value is -3.32. The number of carbonyl (C=O) groups excluding carboxylic acids is 2. The van der Waals surface area contributed by atoms with Crippen molar-refractivity contribution >= 4 is 29.2 Å². The van der Waals surface area contributed by atoms with Crippen LogP contribution in [0.2, 0.25) is 5.02 Å². The zero-order valence-corrected chi connectivity index (χ0v) is 15.3. The molecule has 0 saturated heterocycles. The van der Waals surface area contributed by atoms with Crippen LogP contribution in [0.4, 0.5) is 10.5 Å². The Bertz CT molecular complexity index is 951. The van der Waals surface area contributed by atoms with Gasteiger partial charge in [-0.2, -0.15) is 5.10 Å². The molecule has 2 aromatic carbocycles. The molecule has 0 radical (unpaired) electrons. The van der Waals surface area contributed by atoms with Gasteiger partial charge in [0.25, 0.3) is 5.91 Å². The fourth-order valence-corrected chi connectivity index (χ4v) is 2.66. The third-order valence-electron chi connectivity index (χ3n) is 3.96. The molecule has 4 N–H and O–H groups in total. The molecule has 0 aliphatic carbocycles. The Labute approximate surface area is 161 Å². The minimum atomic E-state index is -0.623. The number of carbonyl (C=O) groups is 2. The number of aromatic nitrogens is 2. The van der Waals surface area contributed by atoms with E-state index in [9.17, 15) is 9.59 Å². The van der Waals surface area contributed by atoms with Crippen LogP contribution in [-0.4, -0.2) is 21.7 Å². The standard InChI is InChI=1S/C19H18ClN5O2/c1-12(13-2-6-16(7-3-13)24-19(21)27)23-18(26)14-10-22-25(11-14)17-8-4-15(20)5-9-17/h2-12H,1H3,(H,23,26)(H3,21,24,27). The van der Waals surface area contributed by atoms with Gasteiger partial charge >= 0.3 is 6.03 Å². The molecule has 0 aliphatic heterocycles. The topological polar surface area (TPSA) is 102 Å².